The molecule has 0 bridgehead atoms. The van der Waals surface area contributed by atoms with Crippen LogP contribution in [0.5, 0.6) is 0 Å². The van der Waals surface area contributed by atoms with E-state index in [1.165, 1.54) is 0 Å². The van der Waals surface area contributed by atoms with Crippen LogP contribution < -0.4 is 0 Å². The number of benzene rings is 1. The second kappa shape index (κ2) is 4.86. The van der Waals surface area contributed by atoms with E-state index in [0.29, 0.717) is 25.7 Å². The second-order valence-corrected chi connectivity index (χ2v) is 4.89. The lowest BCUT2D eigenvalue weighted by Crippen LogP contribution is -2.33. The van der Waals surface area contributed by atoms with Gasteiger partial charge in [-0.15, -0.1) is 0 Å². The topological polar surface area (TPSA) is 37.3 Å². The van der Waals surface area contributed by atoms with Crippen molar-refractivity contribution in [2.75, 3.05) is 0 Å². The molecule has 0 aliphatic heterocycles. The summed E-state index contributed by atoms with van der Waals surface area (Å²) in [6.45, 7) is 0. The number of aliphatic carboxylic acids is 1. The minimum atomic E-state index is -0.984. The van der Waals surface area contributed by atoms with E-state index >= 15 is 0 Å². The fourth-order valence-corrected chi connectivity index (χ4v) is 2.18. The fourth-order valence-electron chi connectivity index (χ4n) is 2.18. The SMILES string of the molecule is O=C(O)CCc1ccc(CC2(F)CCC2)cc1. The molecule has 3 heteroatoms. The first-order valence-corrected chi connectivity index (χ1v) is 6.06. The van der Waals surface area contributed by atoms with Crippen LogP contribution in [0.1, 0.15) is 36.8 Å². The van der Waals surface area contributed by atoms with Crippen LogP contribution in [-0.2, 0) is 17.6 Å². The van der Waals surface area contributed by atoms with Gasteiger partial charge in [0.05, 0.1) is 0 Å². The van der Waals surface area contributed by atoms with E-state index in [-0.39, 0.29) is 6.42 Å². The highest BCUT2D eigenvalue weighted by atomic mass is 19.1. The van der Waals surface area contributed by atoms with E-state index in [0.717, 1.165) is 17.5 Å². The molecule has 0 aromatic heterocycles. The molecule has 0 spiro atoms. The number of carboxylic acid groups (broad SMARTS) is 1. The summed E-state index contributed by atoms with van der Waals surface area (Å²) < 4.78 is 13.9. The van der Waals surface area contributed by atoms with Crippen molar-refractivity contribution < 1.29 is 14.3 Å². The minimum Gasteiger partial charge on any atom is -0.481 e. The van der Waals surface area contributed by atoms with Crippen LogP contribution >= 0.6 is 0 Å². The third kappa shape index (κ3) is 3.29. The number of alkyl halides is 1. The molecule has 1 saturated carbocycles. The van der Waals surface area contributed by atoms with E-state index in [2.05, 4.69) is 0 Å². The highest BCUT2D eigenvalue weighted by Gasteiger charge is 2.36. The van der Waals surface area contributed by atoms with Gasteiger partial charge in [-0.05, 0) is 36.8 Å². The van der Waals surface area contributed by atoms with Gasteiger partial charge >= 0.3 is 5.97 Å². The van der Waals surface area contributed by atoms with Crippen LogP contribution in [0.4, 0.5) is 4.39 Å². The van der Waals surface area contributed by atoms with Gasteiger partial charge in [-0.1, -0.05) is 24.3 Å². The summed E-state index contributed by atoms with van der Waals surface area (Å²) in [5.74, 6) is -0.786. The molecule has 1 fully saturated rings. The Morgan fingerprint density at radius 1 is 1.24 bits per heavy atom. The Kier molecular flexibility index (Phi) is 3.46. The average Bonchev–Trinajstić information content (AvgIpc) is 2.26. The largest absolute Gasteiger partial charge is 0.481 e. The van der Waals surface area contributed by atoms with Crippen LogP contribution in [-0.4, -0.2) is 16.7 Å². The summed E-state index contributed by atoms with van der Waals surface area (Å²) >= 11 is 0. The van der Waals surface area contributed by atoms with Crippen molar-refractivity contribution in [1.29, 1.82) is 0 Å². The summed E-state index contributed by atoms with van der Waals surface area (Å²) in [7, 11) is 0. The molecule has 2 rings (SSSR count). The Morgan fingerprint density at radius 3 is 2.29 bits per heavy atom. The molecule has 1 aliphatic rings. The molecule has 2 nitrogen and oxygen atoms in total. The quantitative estimate of drug-likeness (QED) is 0.852. The lowest BCUT2D eigenvalue weighted by Gasteiger charge is -2.33. The predicted molar refractivity (Wildman–Crippen MR) is 63.8 cm³/mol. The van der Waals surface area contributed by atoms with Gasteiger partial charge in [-0.2, -0.15) is 0 Å². The molecule has 1 aromatic rings. The van der Waals surface area contributed by atoms with Crippen molar-refractivity contribution in [2.24, 2.45) is 0 Å². The Hall–Kier alpha value is -1.38. The maximum Gasteiger partial charge on any atom is 0.303 e. The Labute approximate surface area is 100 Å². The fraction of sp³-hybridized carbons (Fsp3) is 0.500. The van der Waals surface area contributed by atoms with E-state index < -0.39 is 11.6 Å². The van der Waals surface area contributed by atoms with Gasteiger partial charge in [0.25, 0.3) is 0 Å². The molecule has 0 radical (unpaired) electrons. The normalized spacial score (nSPS) is 17.5. The molecule has 92 valence electrons. The number of hydrogen-bond acceptors (Lipinski definition) is 1. The molecule has 0 saturated heterocycles. The van der Waals surface area contributed by atoms with Crippen LogP contribution in [0.15, 0.2) is 24.3 Å². The predicted octanol–water partition coefficient (Wildman–Crippen LogP) is 3.14. The third-order valence-electron chi connectivity index (χ3n) is 3.42. The summed E-state index contributed by atoms with van der Waals surface area (Å²) in [6, 6.07) is 7.63. The highest BCUT2D eigenvalue weighted by Crippen LogP contribution is 2.38. The lowest BCUT2D eigenvalue weighted by molar-refractivity contribution is -0.136. The maximum atomic E-state index is 13.9. The van der Waals surface area contributed by atoms with Gasteiger partial charge in [-0.3, -0.25) is 4.79 Å². The lowest BCUT2D eigenvalue weighted by atomic mass is 9.78. The summed E-state index contributed by atoms with van der Waals surface area (Å²) in [4.78, 5) is 10.4. The van der Waals surface area contributed by atoms with Gasteiger partial charge in [0.15, 0.2) is 0 Å². The molecule has 0 unspecified atom stereocenters. The molecule has 1 N–H and O–H groups in total. The zero-order valence-corrected chi connectivity index (χ0v) is 9.79. The van der Waals surface area contributed by atoms with Gasteiger partial charge < -0.3 is 5.11 Å². The van der Waals surface area contributed by atoms with E-state index in [4.69, 9.17) is 5.11 Å². The smallest absolute Gasteiger partial charge is 0.303 e. The number of hydrogen-bond donors (Lipinski definition) is 1. The van der Waals surface area contributed by atoms with Gasteiger partial charge in [0, 0.05) is 12.8 Å². The van der Waals surface area contributed by atoms with E-state index in [9.17, 15) is 9.18 Å². The first-order valence-electron chi connectivity index (χ1n) is 6.06. The van der Waals surface area contributed by atoms with Crippen molar-refractivity contribution in [2.45, 2.75) is 44.2 Å². The Morgan fingerprint density at radius 2 is 1.82 bits per heavy atom. The van der Waals surface area contributed by atoms with E-state index in [1.54, 1.807) is 0 Å². The Bertz CT molecular complexity index is 393. The Balaban J connectivity index is 1.91. The number of aryl methyl sites for hydroxylation is 1. The van der Waals surface area contributed by atoms with E-state index in [1.807, 2.05) is 24.3 Å². The van der Waals surface area contributed by atoms with Gasteiger partial charge in [0.2, 0.25) is 0 Å². The number of carbonyl (C=O) groups is 1. The molecule has 0 amide bonds. The molecule has 1 aliphatic carbocycles. The summed E-state index contributed by atoms with van der Waals surface area (Å²) in [6.07, 6.45) is 3.52. The molecule has 1 aromatic carbocycles. The second-order valence-electron chi connectivity index (χ2n) is 4.89. The summed E-state index contributed by atoms with van der Waals surface area (Å²) in [5, 5.41) is 8.57. The van der Waals surface area contributed by atoms with Crippen molar-refractivity contribution in [1.82, 2.24) is 0 Å². The third-order valence-corrected chi connectivity index (χ3v) is 3.42. The van der Waals surface area contributed by atoms with Crippen LogP contribution in [0, 0.1) is 0 Å². The number of rotatable bonds is 5. The zero-order valence-electron chi connectivity index (χ0n) is 9.79. The number of halogens is 1. The van der Waals surface area contributed by atoms with Crippen LogP contribution in [0.3, 0.4) is 0 Å². The maximum absolute atomic E-state index is 13.9. The monoisotopic (exact) mass is 236 g/mol. The van der Waals surface area contributed by atoms with Crippen LogP contribution in [0.25, 0.3) is 0 Å². The highest BCUT2D eigenvalue weighted by molar-refractivity contribution is 5.67. The molecular formula is C14H17FO2. The number of carboxylic acids is 1. The minimum absolute atomic E-state index is 0.145. The van der Waals surface area contributed by atoms with Crippen LogP contribution in [0.2, 0.25) is 0 Å². The molecule has 17 heavy (non-hydrogen) atoms. The summed E-state index contributed by atoms with van der Waals surface area (Å²) in [5.41, 5.74) is 1.02. The van der Waals surface area contributed by atoms with Gasteiger partial charge in [0.1, 0.15) is 5.67 Å². The first-order chi connectivity index (χ1) is 8.07. The first kappa shape index (κ1) is 12.1. The van der Waals surface area contributed by atoms with Crippen molar-refractivity contribution in [3.05, 3.63) is 35.4 Å². The zero-order chi connectivity index (χ0) is 12.3. The van der Waals surface area contributed by atoms with Crippen molar-refractivity contribution in [3.8, 4) is 0 Å². The van der Waals surface area contributed by atoms with Crippen molar-refractivity contribution in [3.63, 3.8) is 0 Å². The average molecular weight is 236 g/mol. The van der Waals surface area contributed by atoms with Crippen molar-refractivity contribution >= 4 is 5.97 Å². The molecule has 0 atom stereocenters. The molecular weight excluding hydrogens is 219 g/mol. The van der Waals surface area contributed by atoms with Gasteiger partial charge in [-0.25, -0.2) is 4.39 Å². The molecule has 0 heterocycles. The standard InChI is InChI=1S/C14H17FO2/c15-14(8-1-9-14)10-12-4-2-11(3-5-12)6-7-13(16)17/h2-5H,1,6-10H2,(H,16,17).